The molecule has 3 amide bonds. The molecule has 3 aliphatic heterocycles. The van der Waals surface area contributed by atoms with Crippen molar-refractivity contribution in [3.63, 3.8) is 0 Å². The molecule has 2 unspecified atom stereocenters. The van der Waals surface area contributed by atoms with Gasteiger partial charge in [0.2, 0.25) is 17.7 Å². The molecule has 4 atom stereocenters. The smallest absolute Gasteiger partial charge is 0.249 e. The molecule has 0 aromatic carbocycles. The van der Waals surface area contributed by atoms with Crippen molar-refractivity contribution in [3.8, 4) is 0 Å². The summed E-state index contributed by atoms with van der Waals surface area (Å²) in [7, 11) is 0. The molecule has 3 heterocycles. The average molecular weight is 397 g/mol. The monoisotopic (exact) mass is 397 g/mol. The van der Waals surface area contributed by atoms with Crippen LogP contribution in [0.25, 0.3) is 0 Å². The number of primary amides is 1. The van der Waals surface area contributed by atoms with Crippen LogP contribution < -0.4 is 11.1 Å². The van der Waals surface area contributed by atoms with Crippen LogP contribution >= 0.6 is 0 Å². The Morgan fingerprint density at radius 2 is 1.93 bits per heavy atom. The molecule has 7 heteroatoms. The zero-order valence-electron chi connectivity index (χ0n) is 16.6. The molecular formula is C22H27N3O4. The van der Waals surface area contributed by atoms with Gasteiger partial charge in [-0.1, -0.05) is 18.2 Å². The summed E-state index contributed by atoms with van der Waals surface area (Å²) in [5.41, 5.74) is 5.09. The van der Waals surface area contributed by atoms with Crippen LogP contribution in [-0.4, -0.2) is 52.5 Å². The van der Waals surface area contributed by atoms with Gasteiger partial charge in [0.1, 0.15) is 5.60 Å². The fourth-order valence-electron chi connectivity index (χ4n) is 6.65. The molecule has 7 nitrogen and oxygen atoms in total. The fraction of sp³-hybridized carbons (Fsp3) is 0.682. The number of likely N-dealkylation sites (tertiary alicyclic amines) is 1. The van der Waals surface area contributed by atoms with E-state index in [0.29, 0.717) is 31.3 Å². The molecule has 3 saturated heterocycles. The number of carbonyl (C=O) groups is 3. The molecule has 1 spiro atoms. The van der Waals surface area contributed by atoms with E-state index in [4.69, 9.17) is 10.5 Å². The van der Waals surface area contributed by atoms with Gasteiger partial charge in [0.25, 0.3) is 0 Å². The van der Waals surface area contributed by atoms with Crippen LogP contribution in [0.2, 0.25) is 0 Å². The highest BCUT2D eigenvalue weighted by molar-refractivity contribution is 5.95. The molecule has 0 aromatic rings. The van der Waals surface area contributed by atoms with E-state index in [1.54, 1.807) is 0 Å². The summed E-state index contributed by atoms with van der Waals surface area (Å²) in [5.74, 6) is -0.122. The van der Waals surface area contributed by atoms with Gasteiger partial charge in [-0.2, -0.15) is 0 Å². The van der Waals surface area contributed by atoms with Gasteiger partial charge in [0.05, 0.1) is 36.1 Å². The minimum Gasteiger partial charge on any atom is -0.369 e. The predicted octanol–water partition coefficient (Wildman–Crippen LogP) is 0.649. The van der Waals surface area contributed by atoms with Crippen molar-refractivity contribution >= 4 is 17.7 Å². The molecule has 3 N–H and O–H groups in total. The van der Waals surface area contributed by atoms with Crippen LogP contribution in [0.3, 0.4) is 0 Å². The lowest BCUT2D eigenvalue weighted by Gasteiger charge is -2.55. The first-order chi connectivity index (χ1) is 13.7. The Morgan fingerprint density at radius 3 is 2.59 bits per heavy atom. The number of hydrogen-bond donors (Lipinski definition) is 2. The first-order valence-corrected chi connectivity index (χ1v) is 10.7. The number of nitrogens with one attached hydrogen (secondary N) is 1. The molecule has 0 radical (unpaired) electrons. The number of nitrogens with zero attached hydrogens (tertiary/aromatic N) is 1. The Hall–Kier alpha value is -2.15. The second kappa shape index (κ2) is 5.31. The lowest BCUT2D eigenvalue weighted by atomic mass is 9.60. The van der Waals surface area contributed by atoms with Gasteiger partial charge in [0, 0.05) is 18.4 Å². The van der Waals surface area contributed by atoms with Crippen LogP contribution in [0.15, 0.2) is 23.8 Å². The van der Waals surface area contributed by atoms with Crippen LogP contribution in [-0.2, 0) is 19.1 Å². The van der Waals surface area contributed by atoms with Gasteiger partial charge in [0.15, 0.2) is 0 Å². The van der Waals surface area contributed by atoms with Gasteiger partial charge in [-0.3, -0.25) is 14.4 Å². The van der Waals surface area contributed by atoms with Gasteiger partial charge in [-0.15, -0.1) is 0 Å². The summed E-state index contributed by atoms with van der Waals surface area (Å²) in [4.78, 5) is 39.0. The van der Waals surface area contributed by atoms with Gasteiger partial charge in [-0.25, -0.2) is 0 Å². The number of ether oxygens (including phenoxy) is 1. The van der Waals surface area contributed by atoms with E-state index in [1.165, 1.54) is 0 Å². The number of allylic oxidation sites excluding steroid dienone is 3. The second-order valence-electron chi connectivity index (χ2n) is 10.4. The highest BCUT2D eigenvalue weighted by Gasteiger charge is 2.77. The van der Waals surface area contributed by atoms with E-state index in [0.717, 1.165) is 31.3 Å². The molecule has 29 heavy (non-hydrogen) atoms. The van der Waals surface area contributed by atoms with Crippen molar-refractivity contribution in [1.29, 1.82) is 0 Å². The highest BCUT2D eigenvalue weighted by Crippen LogP contribution is 2.63. The van der Waals surface area contributed by atoms with Crippen molar-refractivity contribution in [2.24, 2.45) is 29.4 Å². The van der Waals surface area contributed by atoms with Gasteiger partial charge >= 0.3 is 0 Å². The van der Waals surface area contributed by atoms with Gasteiger partial charge in [-0.05, 0) is 38.0 Å². The van der Waals surface area contributed by atoms with E-state index in [1.807, 2.05) is 4.90 Å². The Kier molecular flexibility index (Phi) is 3.24. The van der Waals surface area contributed by atoms with Crippen LogP contribution in [0.5, 0.6) is 0 Å². The topological polar surface area (TPSA) is 102 Å². The number of amides is 3. The molecule has 4 bridgehead atoms. The van der Waals surface area contributed by atoms with Crippen LogP contribution in [0, 0.1) is 23.7 Å². The molecule has 7 rings (SSSR count). The maximum absolute atomic E-state index is 13.0. The number of fused-ring (bicyclic) bond motifs is 2. The number of rotatable bonds is 4. The van der Waals surface area contributed by atoms with E-state index < -0.39 is 17.0 Å². The largest absolute Gasteiger partial charge is 0.369 e. The third kappa shape index (κ3) is 2.37. The normalized spacial score (nSPS) is 44.7. The third-order valence-electron chi connectivity index (χ3n) is 8.08. The molecule has 154 valence electrons. The Morgan fingerprint density at radius 1 is 1.17 bits per heavy atom. The number of hydrogen-bond acceptors (Lipinski definition) is 4. The van der Waals surface area contributed by atoms with Crippen molar-refractivity contribution in [2.75, 3.05) is 13.1 Å². The number of nitrogens with two attached hydrogens (primary N) is 1. The molecule has 2 saturated carbocycles. The summed E-state index contributed by atoms with van der Waals surface area (Å²) >= 11 is 0. The second-order valence-corrected chi connectivity index (χ2v) is 10.4. The fourth-order valence-corrected chi connectivity index (χ4v) is 6.65. The molecule has 5 fully saturated rings. The maximum Gasteiger partial charge on any atom is 0.249 e. The average Bonchev–Trinajstić information content (AvgIpc) is 3.23. The zero-order valence-corrected chi connectivity index (χ0v) is 16.6. The third-order valence-corrected chi connectivity index (χ3v) is 8.08. The Labute approximate surface area is 169 Å². The predicted molar refractivity (Wildman–Crippen MR) is 103 cm³/mol. The van der Waals surface area contributed by atoms with Crippen molar-refractivity contribution < 1.29 is 19.1 Å². The molecular weight excluding hydrogens is 370 g/mol. The van der Waals surface area contributed by atoms with Crippen molar-refractivity contribution in [2.45, 2.75) is 55.8 Å². The van der Waals surface area contributed by atoms with Crippen molar-refractivity contribution in [1.82, 2.24) is 10.2 Å². The maximum atomic E-state index is 13.0. The minimum absolute atomic E-state index is 0.0943. The van der Waals surface area contributed by atoms with E-state index in [-0.39, 0.29) is 29.3 Å². The lowest BCUT2D eigenvalue weighted by molar-refractivity contribution is -0.165. The van der Waals surface area contributed by atoms with E-state index in [2.05, 4.69) is 30.5 Å². The summed E-state index contributed by atoms with van der Waals surface area (Å²) in [6.07, 6.45) is 10.6. The Bertz CT molecular complexity index is 894. The SMILES string of the molecule is CC12CC(NC(=O)[C@@H]3C[C@@H]3C(N)=O)(C1)C1(CN(C(=O)C3=CC4C=CC(C3)C4)C1)O2. The van der Waals surface area contributed by atoms with Crippen LogP contribution in [0.4, 0.5) is 0 Å². The summed E-state index contributed by atoms with van der Waals surface area (Å²) in [5, 5.41) is 3.21. The number of carbonyl (C=O) groups excluding carboxylic acids is 3. The van der Waals surface area contributed by atoms with E-state index >= 15 is 0 Å². The van der Waals surface area contributed by atoms with Crippen molar-refractivity contribution in [3.05, 3.63) is 23.8 Å². The lowest BCUT2D eigenvalue weighted by Crippen LogP contribution is -2.77. The van der Waals surface area contributed by atoms with E-state index in [9.17, 15) is 14.4 Å². The zero-order chi connectivity index (χ0) is 20.2. The first-order valence-electron chi connectivity index (χ1n) is 10.7. The minimum atomic E-state index is -0.503. The first kappa shape index (κ1) is 17.7. The van der Waals surface area contributed by atoms with Crippen LogP contribution in [0.1, 0.15) is 39.0 Å². The quantitative estimate of drug-likeness (QED) is 0.680. The summed E-state index contributed by atoms with van der Waals surface area (Å²) in [6, 6.07) is 0. The molecule has 7 aliphatic rings. The highest BCUT2D eigenvalue weighted by atomic mass is 16.5. The molecule has 4 aliphatic carbocycles. The summed E-state index contributed by atoms with van der Waals surface area (Å²) in [6.45, 7) is 3.12. The molecule has 0 aromatic heterocycles. The standard InChI is InChI=1S/C22H27N3O4/c1-20-8-21(9-20,24-18(27)16-7-15(16)17(23)26)22(29-20)10-25(11-22)19(28)14-5-12-2-3-13(4-12)6-14/h2-3,5,12-13,15-16H,4,6-11H2,1H3,(H2,23,26)(H,24,27)/t12?,13?,15-,16+,20?,21?/m0/s1. The Balaban J connectivity index is 1.15. The summed E-state index contributed by atoms with van der Waals surface area (Å²) < 4.78 is 6.42. The van der Waals surface area contributed by atoms with Gasteiger partial charge < -0.3 is 20.7 Å².